The minimum absolute atomic E-state index is 0.0151. The van der Waals surface area contributed by atoms with Gasteiger partial charge in [0.1, 0.15) is 11.9 Å². The summed E-state index contributed by atoms with van der Waals surface area (Å²) in [7, 11) is -3.90. The van der Waals surface area contributed by atoms with Crippen LogP contribution in [0.4, 0.5) is 5.82 Å². The van der Waals surface area contributed by atoms with Gasteiger partial charge in [-0.2, -0.15) is 4.72 Å². The van der Waals surface area contributed by atoms with Gasteiger partial charge in [0, 0.05) is 30.9 Å². The monoisotopic (exact) mass is 466 g/mol. The van der Waals surface area contributed by atoms with Crippen LogP contribution in [0.2, 0.25) is 5.02 Å². The molecular formula is C21H27ClN4O4S. The molecule has 1 aromatic carbocycles. The van der Waals surface area contributed by atoms with E-state index in [2.05, 4.69) is 19.9 Å². The number of nitrogens with one attached hydrogen (secondary N) is 2. The SMILES string of the molecule is CC(C)C(NS(=O)(=O)c1cccc(Cl)c1)C(=O)NCc1ccc(N2CCOCC2)nc1. The molecule has 2 heterocycles. The predicted octanol–water partition coefficient (Wildman–Crippen LogP) is 2.19. The van der Waals surface area contributed by atoms with E-state index in [1.165, 1.54) is 12.1 Å². The van der Waals surface area contributed by atoms with Gasteiger partial charge in [0.25, 0.3) is 0 Å². The molecule has 1 amide bonds. The molecule has 1 fully saturated rings. The predicted molar refractivity (Wildman–Crippen MR) is 120 cm³/mol. The number of ether oxygens (including phenoxy) is 1. The zero-order valence-electron chi connectivity index (χ0n) is 17.5. The lowest BCUT2D eigenvalue weighted by molar-refractivity contribution is -0.123. The third-order valence-corrected chi connectivity index (χ3v) is 6.62. The van der Waals surface area contributed by atoms with Gasteiger partial charge in [-0.15, -0.1) is 0 Å². The standard InChI is InChI=1S/C21H27ClN4O4S/c1-15(2)20(25-31(28,29)18-5-3-4-17(22)12-18)21(27)24-14-16-6-7-19(23-13-16)26-8-10-30-11-9-26/h3-7,12-13,15,20,25H,8-11,14H2,1-2H3,(H,24,27). The molecule has 1 saturated heterocycles. The van der Waals surface area contributed by atoms with Crippen molar-refractivity contribution in [2.75, 3.05) is 31.2 Å². The molecule has 2 aromatic rings. The number of anilines is 1. The highest BCUT2D eigenvalue weighted by Crippen LogP contribution is 2.17. The van der Waals surface area contributed by atoms with Crippen molar-refractivity contribution in [3.05, 3.63) is 53.2 Å². The number of amides is 1. The number of sulfonamides is 1. The minimum Gasteiger partial charge on any atom is -0.378 e. The van der Waals surface area contributed by atoms with Crippen molar-refractivity contribution in [3.8, 4) is 0 Å². The number of carbonyl (C=O) groups is 1. The molecule has 1 aliphatic heterocycles. The van der Waals surface area contributed by atoms with Crippen LogP contribution in [0.5, 0.6) is 0 Å². The molecule has 0 saturated carbocycles. The summed E-state index contributed by atoms with van der Waals surface area (Å²) in [6.07, 6.45) is 1.71. The van der Waals surface area contributed by atoms with Crippen LogP contribution >= 0.6 is 11.6 Å². The highest BCUT2D eigenvalue weighted by Gasteiger charge is 2.28. The van der Waals surface area contributed by atoms with E-state index in [0.29, 0.717) is 18.2 Å². The number of aromatic nitrogens is 1. The van der Waals surface area contributed by atoms with Crippen LogP contribution in [0, 0.1) is 5.92 Å². The third-order valence-electron chi connectivity index (χ3n) is 4.95. The van der Waals surface area contributed by atoms with E-state index in [0.717, 1.165) is 24.5 Å². The average Bonchev–Trinajstić information content (AvgIpc) is 2.76. The van der Waals surface area contributed by atoms with Crippen molar-refractivity contribution in [1.29, 1.82) is 0 Å². The molecule has 1 aromatic heterocycles. The minimum atomic E-state index is -3.90. The summed E-state index contributed by atoms with van der Waals surface area (Å²) in [5.41, 5.74) is 0.825. The summed E-state index contributed by atoms with van der Waals surface area (Å²) < 4.78 is 33.2. The second kappa shape index (κ2) is 10.4. The molecule has 0 bridgehead atoms. The molecule has 10 heteroatoms. The summed E-state index contributed by atoms with van der Waals surface area (Å²) in [5, 5.41) is 3.11. The van der Waals surface area contributed by atoms with E-state index in [1.54, 1.807) is 32.2 Å². The first-order valence-electron chi connectivity index (χ1n) is 10.1. The van der Waals surface area contributed by atoms with Gasteiger partial charge in [-0.3, -0.25) is 4.79 Å². The van der Waals surface area contributed by atoms with E-state index in [-0.39, 0.29) is 17.4 Å². The quantitative estimate of drug-likeness (QED) is 0.618. The Balaban J connectivity index is 1.61. The number of rotatable bonds is 8. The van der Waals surface area contributed by atoms with Crippen LogP contribution in [0.25, 0.3) is 0 Å². The van der Waals surface area contributed by atoms with Gasteiger partial charge in [-0.1, -0.05) is 37.6 Å². The smallest absolute Gasteiger partial charge is 0.241 e. The van der Waals surface area contributed by atoms with Crippen molar-refractivity contribution >= 4 is 33.3 Å². The number of hydrogen-bond acceptors (Lipinski definition) is 6. The first-order valence-corrected chi connectivity index (χ1v) is 12.0. The Morgan fingerprint density at radius 3 is 2.58 bits per heavy atom. The fourth-order valence-electron chi connectivity index (χ4n) is 3.16. The van der Waals surface area contributed by atoms with Crippen molar-refractivity contribution in [2.45, 2.75) is 31.3 Å². The Morgan fingerprint density at radius 1 is 1.23 bits per heavy atom. The largest absolute Gasteiger partial charge is 0.378 e. The van der Waals surface area contributed by atoms with E-state index < -0.39 is 22.0 Å². The molecule has 1 aliphatic rings. The van der Waals surface area contributed by atoms with Crippen molar-refractivity contribution in [3.63, 3.8) is 0 Å². The van der Waals surface area contributed by atoms with Crippen molar-refractivity contribution in [1.82, 2.24) is 15.0 Å². The molecular weight excluding hydrogens is 440 g/mol. The Hall–Kier alpha value is -2.20. The lowest BCUT2D eigenvalue weighted by Crippen LogP contribution is -2.49. The maximum atomic E-state index is 12.7. The zero-order valence-corrected chi connectivity index (χ0v) is 19.1. The van der Waals surface area contributed by atoms with E-state index in [9.17, 15) is 13.2 Å². The van der Waals surface area contributed by atoms with E-state index in [1.807, 2.05) is 12.1 Å². The van der Waals surface area contributed by atoms with Crippen LogP contribution in [0.3, 0.4) is 0 Å². The molecule has 8 nitrogen and oxygen atoms in total. The molecule has 31 heavy (non-hydrogen) atoms. The molecule has 1 atom stereocenters. The Labute approximate surface area is 188 Å². The number of hydrogen-bond donors (Lipinski definition) is 2. The number of pyridine rings is 1. The van der Waals surface area contributed by atoms with Crippen molar-refractivity contribution < 1.29 is 17.9 Å². The first-order chi connectivity index (χ1) is 14.8. The second-order valence-corrected chi connectivity index (χ2v) is 9.79. The van der Waals surface area contributed by atoms with Crippen molar-refractivity contribution in [2.24, 2.45) is 5.92 Å². The Bertz CT molecular complexity index is 993. The lowest BCUT2D eigenvalue weighted by atomic mass is 10.0. The van der Waals surface area contributed by atoms with Crippen LogP contribution in [0.15, 0.2) is 47.5 Å². The van der Waals surface area contributed by atoms with Crippen LogP contribution in [-0.2, 0) is 26.1 Å². The van der Waals surface area contributed by atoms with Crippen LogP contribution in [0.1, 0.15) is 19.4 Å². The summed E-state index contributed by atoms with van der Waals surface area (Å²) >= 11 is 5.90. The van der Waals surface area contributed by atoms with Crippen LogP contribution < -0.4 is 14.9 Å². The number of carbonyl (C=O) groups excluding carboxylic acids is 1. The van der Waals surface area contributed by atoms with E-state index >= 15 is 0 Å². The molecule has 168 valence electrons. The van der Waals surface area contributed by atoms with Gasteiger partial charge >= 0.3 is 0 Å². The van der Waals surface area contributed by atoms with Gasteiger partial charge in [0.15, 0.2) is 0 Å². The maximum absolute atomic E-state index is 12.7. The maximum Gasteiger partial charge on any atom is 0.241 e. The topological polar surface area (TPSA) is 101 Å². The molecule has 3 rings (SSSR count). The van der Waals surface area contributed by atoms with Gasteiger partial charge in [-0.05, 0) is 35.7 Å². The highest BCUT2D eigenvalue weighted by molar-refractivity contribution is 7.89. The normalized spacial score (nSPS) is 15.7. The second-order valence-electron chi connectivity index (χ2n) is 7.64. The average molecular weight is 467 g/mol. The fraction of sp³-hybridized carbons (Fsp3) is 0.429. The Morgan fingerprint density at radius 2 is 1.97 bits per heavy atom. The number of halogens is 1. The molecule has 0 spiro atoms. The highest BCUT2D eigenvalue weighted by atomic mass is 35.5. The third kappa shape index (κ3) is 6.39. The zero-order chi connectivity index (χ0) is 22.4. The van der Waals surface area contributed by atoms with E-state index in [4.69, 9.17) is 16.3 Å². The lowest BCUT2D eigenvalue weighted by Gasteiger charge is -2.27. The number of nitrogens with zero attached hydrogens (tertiary/aromatic N) is 2. The van der Waals surface area contributed by atoms with Gasteiger partial charge in [-0.25, -0.2) is 13.4 Å². The first kappa shape index (κ1) is 23.5. The van der Waals surface area contributed by atoms with Crippen LogP contribution in [-0.4, -0.2) is 51.7 Å². The van der Waals surface area contributed by atoms with Gasteiger partial charge in [0.05, 0.1) is 18.1 Å². The van der Waals surface area contributed by atoms with Gasteiger partial charge in [0.2, 0.25) is 15.9 Å². The summed E-state index contributed by atoms with van der Waals surface area (Å²) in [5.74, 6) is 0.210. The molecule has 0 aliphatic carbocycles. The van der Waals surface area contributed by atoms with Gasteiger partial charge < -0.3 is 15.0 Å². The number of morpholine rings is 1. The Kier molecular flexibility index (Phi) is 7.88. The molecule has 0 radical (unpaired) electrons. The molecule has 1 unspecified atom stereocenters. The summed E-state index contributed by atoms with van der Waals surface area (Å²) in [6, 6.07) is 8.81. The molecule has 2 N–H and O–H groups in total. The summed E-state index contributed by atoms with van der Waals surface area (Å²) in [6.45, 7) is 6.77. The fourth-order valence-corrected chi connectivity index (χ4v) is 4.81. The summed E-state index contributed by atoms with van der Waals surface area (Å²) in [4.78, 5) is 19.4. The number of benzene rings is 1.